The van der Waals surface area contributed by atoms with Crippen molar-refractivity contribution < 1.29 is 0 Å². The van der Waals surface area contributed by atoms with Gasteiger partial charge in [-0.25, -0.2) is 0 Å². The van der Waals surface area contributed by atoms with Crippen LogP contribution in [-0.2, 0) is 6.54 Å². The molecular formula is C11H19NS. The highest BCUT2D eigenvalue weighted by Crippen LogP contribution is 2.15. The first-order valence-electron chi connectivity index (χ1n) is 5.00. The Hall–Kier alpha value is -0.340. The van der Waals surface area contributed by atoms with Gasteiger partial charge in [0, 0.05) is 17.5 Å². The molecule has 74 valence electrons. The van der Waals surface area contributed by atoms with E-state index in [1.165, 1.54) is 23.3 Å². The molecule has 0 saturated carbocycles. The lowest BCUT2D eigenvalue weighted by Crippen LogP contribution is -2.24. The summed E-state index contributed by atoms with van der Waals surface area (Å²) in [6, 6.07) is 2.83. The fourth-order valence-corrected chi connectivity index (χ4v) is 2.24. The van der Waals surface area contributed by atoms with Crippen molar-refractivity contribution in [1.29, 1.82) is 0 Å². The number of hydrogen-bond acceptors (Lipinski definition) is 2. The lowest BCUT2D eigenvalue weighted by Gasteiger charge is -2.11. The van der Waals surface area contributed by atoms with E-state index in [0.29, 0.717) is 6.04 Å². The van der Waals surface area contributed by atoms with Gasteiger partial charge in [-0.2, -0.15) is 0 Å². The predicted molar refractivity (Wildman–Crippen MR) is 60.3 cm³/mol. The van der Waals surface area contributed by atoms with Crippen LogP contribution in [0, 0.1) is 6.92 Å². The number of rotatable bonds is 5. The smallest absolute Gasteiger partial charge is 0.0304 e. The maximum atomic E-state index is 3.54. The van der Waals surface area contributed by atoms with Gasteiger partial charge in [0.05, 0.1) is 0 Å². The molecule has 1 unspecified atom stereocenters. The van der Waals surface area contributed by atoms with Crippen LogP contribution in [0.1, 0.15) is 37.1 Å². The van der Waals surface area contributed by atoms with E-state index in [4.69, 9.17) is 0 Å². The van der Waals surface area contributed by atoms with E-state index >= 15 is 0 Å². The molecule has 0 fully saturated rings. The van der Waals surface area contributed by atoms with Crippen LogP contribution in [0.25, 0.3) is 0 Å². The van der Waals surface area contributed by atoms with Crippen LogP contribution in [0.5, 0.6) is 0 Å². The number of aryl methyl sites for hydroxylation is 1. The third kappa shape index (κ3) is 3.49. The molecule has 1 nitrogen and oxygen atoms in total. The minimum absolute atomic E-state index is 0.645. The first kappa shape index (κ1) is 10.7. The first-order chi connectivity index (χ1) is 6.24. The van der Waals surface area contributed by atoms with Crippen molar-refractivity contribution in [3.63, 3.8) is 0 Å². The topological polar surface area (TPSA) is 12.0 Å². The quantitative estimate of drug-likeness (QED) is 0.763. The molecule has 1 rings (SSSR count). The van der Waals surface area contributed by atoms with Crippen molar-refractivity contribution in [3.05, 3.63) is 21.9 Å². The van der Waals surface area contributed by atoms with Crippen LogP contribution in [0.15, 0.2) is 11.4 Å². The van der Waals surface area contributed by atoms with E-state index in [9.17, 15) is 0 Å². The molecule has 2 heteroatoms. The van der Waals surface area contributed by atoms with Gasteiger partial charge in [-0.3, -0.25) is 0 Å². The van der Waals surface area contributed by atoms with E-state index in [-0.39, 0.29) is 0 Å². The molecule has 0 radical (unpaired) electrons. The fraction of sp³-hybridized carbons (Fsp3) is 0.636. The number of thiophene rings is 1. The summed E-state index contributed by atoms with van der Waals surface area (Å²) in [6.07, 6.45) is 2.53. The van der Waals surface area contributed by atoms with Gasteiger partial charge in [-0.05, 0) is 37.3 Å². The molecular weight excluding hydrogens is 178 g/mol. The summed E-state index contributed by atoms with van der Waals surface area (Å²) in [6.45, 7) is 7.70. The molecule has 1 N–H and O–H groups in total. The zero-order chi connectivity index (χ0) is 9.68. The van der Waals surface area contributed by atoms with Crippen LogP contribution >= 0.6 is 11.3 Å². The van der Waals surface area contributed by atoms with E-state index in [2.05, 4.69) is 37.5 Å². The van der Waals surface area contributed by atoms with Crippen LogP contribution < -0.4 is 5.32 Å². The fourth-order valence-electron chi connectivity index (χ4n) is 1.39. The summed E-state index contributed by atoms with van der Waals surface area (Å²) >= 11 is 1.85. The second-order valence-corrected chi connectivity index (χ2v) is 4.60. The van der Waals surface area contributed by atoms with Crippen molar-refractivity contribution in [1.82, 2.24) is 5.32 Å². The monoisotopic (exact) mass is 197 g/mol. The molecule has 1 heterocycles. The Morgan fingerprint density at radius 1 is 1.54 bits per heavy atom. The Labute approximate surface area is 85.2 Å². The van der Waals surface area contributed by atoms with Crippen LogP contribution in [0.2, 0.25) is 0 Å². The van der Waals surface area contributed by atoms with Gasteiger partial charge in [0.1, 0.15) is 0 Å². The molecule has 0 aliphatic heterocycles. The zero-order valence-corrected chi connectivity index (χ0v) is 9.58. The van der Waals surface area contributed by atoms with E-state index in [0.717, 1.165) is 6.54 Å². The van der Waals surface area contributed by atoms with Crippen molar-refractivity contribution in [2.24, 2.45) is 0 Å². The van der Waals surface area contributed by atoms with Crippen molar-refractivity contribution >= 4 is 11.3 Å². The Balaban J connectivity index is 2.30. The summed E-state index contributed by atoms with van der Waals surface area (Å²) in [5.41, 5.74) is 1.42. The Morgan fingerprint density at radius 3 is 2.85 bits per heavy atom. The minimum Gasteiger partial charge on any atom is -0.309 e. The van der Waals surface area contributed by atoms with E-state index < -0.39 is 0 Å². The first-order valence-corrected chi connectivity index (χ1v) is 5.88. The largest absolute Gasteiger partial charge is 0.309 e. The summed E-state index contributed by atoms with van der Waals surface area (Å²) in [7, 11) is 0. The minimum atomic E-state index is 0.645. The van der Waals surface area contributed by atoms with Gasteiger partial charge in [-0.15, -0.1) is 11.3 Å². The SMILES string of the molecule is CCCC(C)NCc1sccc1C. The predicted octanol–water partition coefficient (Wildman–Crippen LogP) is 3.33. The highest BCUT2D eigenvalue weighted by atomic mass is 32.1. The molecule has 1 aromatic rings. The third-order valence-corrected chi connectivity index (χ3v) is 3.32. The highest BCUT2D eigenvalue weighted by Gasteiger charge is 2.02. The highest BCUT2D eigenvalue weighted by molar-refractivity contribution is 7.10. The van der Waals surface area contributed by atoms with Gasteiger partial charge >= 0.3 is 0 Å². The van der Waals surface area contributed by atoms with Crippen LogP contribution in [0.3, 0.4) is 0 Å². The summed E-state index contributed by atoms with van der Waals surface area (Å²) in [4.78, 5) is 1.47. The van der Waals surface area contributed by atoms with Gasteiger partial charge in [0.15, 0.2) is 0 Å². The molecule has 0 saturated heterocycles. The molecule has 0 bridgehead atoms. The zero-order valence-electron chi connectivity index (χ0n) is 8.76. The summed E-state index contributed by atoms with van der Waals surface area (Å²) < 4.78 is 0. The molecule has 1 atom stereocenters. The Bertz CT molecular complexity index is 242. The second-order valence-electron chi connectivity index (χ2n) is 3.60. The van der Waals surface area contributed by atoms with Crippen molar-refractivity contribution in [2.75, 3.05) is 0 Å². The van der Waals surface area contributed by atoms with E-state index in [1.54, 1.807) is 0 Å². The Kier molecular flexibility index (Phi) is 4.46. The van der Waals surface area contributed by atoms with Crippen LogP contribution in [-0.4, -0.2) is 6.04 Å². The molecule has 0 aromatic carbocycles. The lowest BCUT2D eigenvalue weighted by molar-refractivity contribution is 0.510. The maximum Gasteiger partial charge on any atom is 0.0304 e. The number of hydrogen-bond donors (Lipinski definition) is 1. The molecule has 1 aromatic heterocycles. The number of nitrogens with one attached hydrogen (secondary N) is 1. The standard InChI is InChI=1S/C11H19NS/c1-4-5-10(3)12-8-11-9(2)6-7-13-11/h6-7,10,12H,4-5,8H2,1-3H3. The average molecular weight is 197 g/mol. The molecule has 0 spiro atoms. The van der Waals surface area contributed by atoms with E-state index in [1.807, 2.05) is 11.3 Å². The maximum absolute atomic E-state index is 3.54. The molecule has 0 amide bonds. The summed E-state index contributed by atoms with van der Waals surface area (Å²) in [5, 5.41) is 5.70. The second kappa shape index (κ2) is 5.40. The van der Waals surface area contributed by atoms with Gasteiger partial charge in [0.25, 0.3) is 0 Å². The van der Waals surface area contributed by atoms with Crippen molar-refractivity contribution in [2.45, 2.75) is 46.2 Å². The third-order valence-electron chi connectivity index (χ3n) is 2.30. The van der Waals surface area contributed by atoms with Gasteiger partial charge < -0.3 is 5.32 Å². The van der Waals surface area contributed by atoms with Crippen LogP contribution in [0.4, 0.5) is 0 Å². The molecule has 0 aliphatic rings. The molecule has 13 heavy (non-hydrogen) atoms. The molecule has 0 aliphatic carbocycles. The van der Waals surface area contributed by atoms with Gasteiger partial charge in [0.2, 0.25) is 0 Å². The summed E-state index contributed by atoms with van der Waals surface area (Å²) in [5.74, 6) is 0. The normalized spacial score (nSPS) is 13.2. The van der Waals surface area contributed by atoms with Gasteiger partial charge in [-0.1, -0.05) is 13.3 Å². The van der Waals surface area contributed by atoms with Crippen molar-refractivity contribution in [3.8, 4) is 0 Å². The Morgan fingerprint density at radius 2 is 2.31 bits per heavy atom. The lowest BCUT2D eigenvalue weighted by atomic mass is 10.2. The average Bonchev–Trinajstić information content (AvgIpc) is 2.48.